The van der Waals surface area contributed by atoms with E-state index in [9.17, 15) is 19.7 Å². The number of rotatable bonds is 1. The van der Waals surface area contributed by atoms with Crippen LogP contribution >= 0.6 is 9.39 Å². The molecule has 7 heteroatoms. The zero-order chi connectivity index (χ0) is 12.6. The van der Waals surface area contributed by atoms with Crippen LogP contribution in [-0.2, 0) is 0 Å². The molecule has 0 radical (unpaired) electrons. The maximum atomic E-state index is 11.8. The van der Waals surface area contributed by atoms with Crippen molar-refractivity contribution in [1.82, 2.24) is 4.34 Å². The zero-order valence-electron chi connectivity index (χ0n) is 8.49. The number of non-ortho nitro benzene ring substituents is 1. The maximum Gasteiger partial charge on any atom is 0.270 e. The molecule has 1 atom stereocenters. The lowest BCUT2D eigenvalue weighted by Gasteiger charge is -1.93. The molecule has 2 aromatic rings. The summed E-state index contributed by atoms with van der Waals surface area (Å²) in [6.07, 6.45) is 0. The fourth-order valence-electron chi connectivity index (χ4n) is 1.47. The number of nitro groups is 1. The van der Waals surface area contributed by atoms with Crippen LogP contribution in [0.25, 0.3) is 10.8 Å². The molecule has 2 rings (SSSR count). The Bertz CT molecular complexity index is 738. The minimum Gasteiger partial charge on any atom is -0.269 e. The standard InChI is InChI=1S/C10H7N2O4P/c13-9-4-1-6-5-7(12(15)16)2-3-8(6)10(14)11(9)17/h1-5H,17H2. The van der Waals surface area contributed by atoms with Gasteiger partial charge >= 0.3 is 0 Å². The highest BCUT2D eigenvalue weighted by Crippen LogP contribution is 2.17. The largest absolute Gasteiger partial charge is 0.270 e. The Labute approximate surface area is 96.9 Å². The lowest BCUT2D eigenvalue weighted by Crippen LogP contribution is -2.21. The molecule has 0 aliphatic heterocycles. The Morgan fingerprint density at radius 2 is 1.88 bits per heavy atom. The van der Waals surface area contributed by atoms with Crippen molar-refractivity contribution in [2.45, 2.75) is 0 Å². The average molecular weight is 250 g/mol. The molecular formula is C10H7N2O4P. The first-order valence-electron chi connectivity index (χ1n) is 4.60. The molecule has 0 amide bonds. The fourth-order valence-corrected chi connectivity index (χ4v) is 1.69. The third kappa shape index (κ3) is 1.94. The number of nitrogens with zero attached hydrogens (tertiary/aromatic N) is 2. The van der Waals surface area contributed by atoms with Crippen LogP contribution in [0.4, 0.5) is 5.69 Å². The van der Waals surface area contributed by atoms with Gasteiger partial charge in [0.25, 0.3) is 16.8 Å². The second-order valence-corrected chi connectivity index (χ2v) is 3.89. The van der Waals surface area contributed by atoms with Gasteiger partial charge in [-0.2, -0.15) is 0 Å². The van der Waals surface area contributed by atoms with E-state index >= 15 is 0 Å². The normalized spacial score (nSPS) is 10.4. The van der Waals surface area contributed by atoms with Crippen molar-refractivity contribution in [1.29, 1.82) is 0 Å². The Morgan fingerprint density at radius 3 is 2.53 bits per heavy atom. The van der Waals surface area contributed by atoms with Gasteiger partial charge in [-0.15, -0.1) is 0 Å². The third-order valence-corrected chi connectivity index (χ3v) is 2.83. The van der Waals surface area contributed by atoms with E-state index in [-0.39, 0.29) is 11.1 Å². The number of hydrogen-bond acceptors (Lipinski definition) is 4. The second-order valence-electron chi connectivity index (χ2n) is 3.38. The summed E-state index contributed by atoms with van der Waals surface area (Å²) < 4.78 is 0.883. The van der Waals surface area contributed by atoms with Crippen molar-refractivity contribution >= 4 is 25.9 Å². The van der Waals surface area contributed by atoms with E-state index in [0.717, 1.165) is 4.34 Å². The molecule has 0 bridgehead atoms. The first-order chi connectivity index (χ1) is 8.00. The van der Waals surface area contributed by atoms with Gasteiger partial charge in [-0.05, 0) is 26.9 Å². The summed E-state index contributed by atoms with van der Waals surface area (Å²) in [4.78, 5) is 33.2. The van der Waals surface area contributed by atoms with Crippen molar-refractivity contribution in [3.05, 3.63) is 61.2 Å². The van der Waals surface area contributed by atoms with Gasteiger partial charge < -0.3 is 0 Å². The minimum absolute atomic E-state index is 0.120. The topological polar surface area (TPSA) is 82.2 Å². The van der Waals surface area contributed by atoms with E-state index in [1.165, 1.54) is 30.3 Å². The smallest absolute Gasteiger partial charge is 0.269 e. The van der Waals surface area contributed by atoms with Crippen LogP contribution in [0, 0.1) is 10.1 Å². The monoisotopic (exact) mass is 250 g/mol. The summed E-state index contributed by atoms with van der Waals surface area (Å²) >= 11 is 0. The predicted molar refractivity (Wildman–Crippen MR) is 66.2 cm³/mol. The van der Waals surface area contributed by atoms with Crippen molar-refractivity contribution < 1.29 is 4.92 Å². The number of nitro benzene ring substituents is 1. The van der Waals surface area contributed by atoms with Crippen molar-refractivity contribution in [3.8, 4) is 0 Å². The summed E-state index contributed by atoms with van der Waals surface area (Å²) in [5.74, 6) is 0. The molecule has 0 aliphatic carbocycles. The molecule has 0 saturated carbocycles. The van der Waals surface area contributed by atoms with Gasteiger partial charge in [0.1, 0.15) is 0 Å². The van der Waals surface area contributed by atoms with Gasteiger partial charge in [-0.3, -0.25) is 24.0 Å². The molecular weight excluding hydrogens is 243 g/mol. The second kappa shape index (κ2) is 4.07. The van der Waals surface area contributed by atoms with E-state index in [2.05, 4.69) is 0 Å². The third-order valence-electron chi connectivity index (χ3n) is 2.34. The molecule has 86 valence electrons. The lowest BCUT2D eigenvalue weighted by atomic mass is 10.2. The predicted octanol–water partition coefficient (Wildman–Crippen LogP) is 0.908. The molecule has 1 unspecified atom stereocenters. The van der Waals surface area contributed by atoms with Gasteiger partial charge in [-0.25, -0.2) is 0 Å². The molecule has 1 heterocycles. The van der Waals surface area contributed by atoms with Gasteiger partial charge in [0.2, 0.25) is 0 Å². The van der Waals surface area contributed by atoms with E-state index in [0.29, 0.717) is 5.39 Å². The number of fused-ring (bicyclic) bond motifs is 1. The van der Waals surface area contributed by atoms with Crippen LogP contribution in [0.5, 0.6) is 0 Å². The van der Waals surface area contributed by atoms with E-state index < -0.39 is 16.0 Å². The minimum atomic E-state index is -0.552. The van der Waals surface area contributed by atoms with E-state index in [1.54, 1.807) is 0 Å². The van der Waals surface area contributed by atoms with Crippen LogP contribution in [0.1, 0.15) is 0 Å². The van der Waals surface area contributed by atoms with Crippen molar-refractivity contribution in [3.63, 3.8) is 0 Å². The first kappa shape index (κ1) is 11.4. The quantitative estimate of drug-likeness (QED) is 0.428. The van der Waals surface area contributed by atoms with Gasteiger partial charge in [0.15, 0.2) is 0 Å². The maximum absolute atomic E-state index is 11.8. The van der Waals surface area contributed by atoms with Crippen LogP contribution in [0.15, 0.2) is 39.9 Å². The highest BCUT2D eigenvalue weighted by molar-refractivity contribution is 7.14. The Morgan fingerprint density at radius 1 is 1.18 bits per heavy atom. The van der Waals surface area contributed by atoms with Crippen molar-refractivity contribution in [2.24, 2.45) is 0 Å². The molecule has 6 nitrogen and oxygen atoms in total. The Hall–Kier alpha value is -2.07. The van der Waals surface area contributed by atoms with Gasteiger partial charge in [0.05, 0.1) is 4.92 Å². The molecule has 0 N–H and O–H groups in total. The summed E-state index contributed by atoms with van der Waals surface area (Å²) in [5.41, 5.74) is -1.11. The van der Waals surface area contributed by atoms with Crippen LogP contribution in [0.3, 0.4) is 0 Å². The highest BCUT2D eigenvalue weighted by Gasteiger charge is 2.08. The summed E-state index contributed by atoms with van der Waals surface area (Å²) in [5, 5.41) is 11.2. The van der Waals surface area contributed by atoms with Gasteiger partial charge in [-0.1, -0.05) is 0 Å². The van der Waals surface area contributed by atoms with E-state index in [4.69, 9.17) is 0 Å². The summed E-state index contributed by atoms with van der Waals surface area (Å²) in [7, 11) is 2.02. The van der Waals surface area contributed by atoms with E-state index in [1.807, 2.05) is 9.39 Å². The molecule has 0 spiro atoms. The highest BCUT2D eigenvalue weighted by atomic mass is 31.0. The van der Waals surface area contributed by atoms with Crippen LogP contribution in [0.2, 0.25) is 0 Å². The average Bonchev–Trinajstić information content (AvgIpc) is 2.42. The molecule has 1 aromatic heterocycles. The summed E-state index contributed by atoms with van der Waals surface area (Å²) in [6, 6.07) is 6.43. The molecule has 1 aromatic carbocycles. The van der Waals surface area contributed by atoms with Crippen molar-refractivity contribution in [2.75, 3.05) is 0 Å². The van der Waals surface area contributed by atoms with Crippen LogP contribution < -0.4 is 11.1 Å². The SMILES string of the molecule is O=c1ccc2cc([N+](=O)[O-])ccc2c(=O)n1P. The number of benzene rings is 1. The molecule has 0 saturated heterocycles. The Balaban J connectivity index is 2.97. The summed E-state index contributed by atoms with van der Waals surface area (Å²) in [6.45, 7) is 0. The molecule has 0 fully saturated rings. The van der Waals surface area contributed by atoms with Gasteiger partial charge in [0, 0.05) is 23.6 Å². The lowest BCUT2D eigenvalue weighted by molar-refractivity contribution is -0.384. The Kier molecular flexibility index (Phi) is 2.73. The van der Waals surface area contributed by atoms with Crippen LogP contribution in [-0.4, -0.2) is 9.26 Å². The number of hydrogen-bond donors (Lipinski definition) is 0. The number of aromatic nitrogens is 1. The zero-order valence-corrected chi connectivity index (χ0v) is 9.65. The molecule has 0 aliphatic rings. The molecule has 17 heavy (non-hydrogen) atoms. The first-order valence-corrected chi connectivity index (χ1v) is 5.12. The fraction of sp³-hybridized carbons (Fsp3) is 0.